The number of carbonyl (C=O) groups excluding carboxylic acids is 1. The first-order chi connectivity index (χ1) is 11.2. The van der Waals surface area contributed by atoms with E-state index in [1.807, 2.05) is 0 Å². The van der Waals surface area contributed by atoms with Gasteiger partial charge >= 0.3 is 12.1 Å². The number of carboxylic acid groups (broad SMARTS) is 1. The van der Waals surface area contributed by atoms with Gasteiger partial charge in [0.2, 0.25) is 5.91 Å². The molecule has 1 aliphatic rings. The van der Waals surface area contributed by atoms with Crippen LogP contribution in [0, 0.1) is 0 Å². The topological polar surface area (TPSA) is 66.8 Å². The highest BCUT2D eigenvalue weighted by molar-refractivity contribution is 5.91. The molecule has 0 saturated carbocycles. The molecule has 2 atom stereocenters. The molecule has 0 radical (unpaired) electrons. The summed E-state index contributed by atoms with van der Waals surface area (Å²) in [6, 6.07) is 3.45. The van der Waals surface area contributed by atoms with Gasteiger partial charge in [0.25, 0.3) is 0 Å². The largest absolute Gasteiger partial charge is 0.480 e. The van der Waals surface area contributed by atoms with Gasteiger partial charge in [0, 0.05) is 6.54 Å². The highest BCUT2D eigenvalue weighted by atomic mass is 19.4. The Kier molecular flexibility index (Phi) is 5.28. The van der Waals surface area contributed by atoms with Gasteiger partial charge in [-0.1, -0.05) is 18.7 Å². The minimum absolute atomic E-state index is 0.172. The number of carbonyl (C=O) groups is 2. The van der Waals surface area contributed by atoms with Crippen molar-refractivity contribution in [3.05, 3.63) is 48.0 Å². The molecule has 1 heterocycles. The van der Waals surface area contributed by atoms with Crippen LogP contribution in [0.4, 0.5) is 13.2 Å². The second-order valence-electron chi connectivity index (χ2n) is 5.36. The molecule has 2 rings (SSSR count). The molecule has 0 bridgehead atoms. The van der Waals surface area contributed by atoms with Crippen LogP contribution in [-0.2, 0) is 27.1 Å². The van der Waals surface area contributed by atoms with Gasteiger partial charge in [-0.25, -0.2) is 4.79 Å². The maximum Gasteiger partial charge on any atom is 0.416 e. The van der Waals surface area contributed by atoms with Gasteiger partial charge in [-0.15, -0.1) is 0 Å². The van der Waals surface area contributed by atoms with Crippen molar-refractivity contribution in [2.75, 3.05) is 6.54 Å². The number of halogens is 3. The first-order valence-corrected chi connectivity index (χ1v) is 7.17. The maximum absolute atomic E-state index is 12.7. The van der Waals surface area contributed by atoms with E-state index in [-0.39, 0.29) is 25.1 Å². The number of hydrogen-bond acceptors (Lipinski definition) is 3. The zero-order valence-electron chi connectivity index (χ0n) is 12.6. The number of nitrogens with zero attached hydrogens (tertiary/aromatic N) is 1. The fourth-order valence-electron chi connectivity index (χ4n) is 2.64. The lowest BCUT2D eigenvalue weighted by molar-refractivity contribution is -0.151. The molecular weight excluding hydrogens is 327 g/mol. The Balaban J connectivity index is 2.07. The van der Waals surface area contributed by atoms with E-state index < -0.39 is 35.8 Å². The molecule has 5 nitrogen and oxygen atoms in total. The number of rotatable bonds is 5. The average Bonchev–Trinajstić information content (AvgIpc) is 2.95. The Labute approximate surface area is 136 Å². The van der Waals surface area contributed by atoms with Crippen LogP contribution in [0.1, 0.15) is 17.5 Å². The van der Waals surface area contributed by atoms with Crippen LogP contribution in [-0.4, -0.2) is 40.6 Å². The Morgan fingerprint density at radius 1 is 1.42 bits per heavy atom. The van der Waals surface area contributed by atoms with Gasteiger partial charge in [0.15, 0.2) is 6.04 Å². The van der Waals surface area contributed by atoms with Crippen molar-refractivity contribution >= 4 is 11.9 Å². The summed E-state index contributed by atoms with van der Waals surface area (Å²) in [5.41, 5.74) is -0.518. The number of carboxylic acids is 1. The summed E-state index contributed by atoms with van der Waals surface area (Å²) in [6.07, 6.45) is -3.94. The summed E-state index contributed by atoms with van der Waals surface area (Å²) in [5.74, 6) is -1.75. The molecule has 0 aliphatic carbocycles. The molecule has 1 N–H and O–H groups in total. The van der Waals surface area contributed by atoms with Gasteiger partial charge in [0.05, 0.1) is 18.3 Å². The zero-order chi connectivity index (χ0) is 17.9. The van der Waals surface area contributed by atoms with Crippen LogP contribution in [0.2, 0.25) is 0 Å². The summed E-state index contributed by atoms with van der Waals surface area (Å²) >= 11 is 0. The van der Waals surface area contributed by atoms with Crippen LogP contribution in [0.25, 0.3) is 0 Å². The van der Waals surface area contributed by atoms with Crippen LogP contribution in [0.15, 0.2) is 36.9 Å². The Hall–Kier alpha value is -2.35. The summed E-state index contributed by atoms with van der Waals surface area (Å²) < 4.78 is 43.5. The Bertz CT molecular complexity index is 644. The molecule has 130 valence electrons. The van der Waals surface area contributed by atoms with Gasteiger partial charge in [-0.2, -0.15) is 13.2 Å². The van der Waals surface area contributed by atoms with E-state index in [1.165, 1.54) is 12.1 Å². The van der Waals surface area contributed by atoms with E-state index in [0.29, 0.717) is 0 Å². The van der Waals surface area contributed by atoms with Gasteiger partial charge in [-0.3, -0.25) is 4.79 Å². The molecule has 1 aromatic carbocycles. The van der Waals surface area contributed by atoms with Gasteiger partial charge < -0.3 is 14.7 Å². The highest BCUT2D eigenvalue weighted by Gasteiger charge is 2.42. The number of amides is 1. The molecule has 1 amide bonds. The Morgan fingerprint density at radius 3 is 2.71 bits per heavy atom. The molecule has 8 heteroatoms. The minimum atomic E-state index is -4.46. The fourth-order valence-corrected chi connectivity index (χ4v) is 2.64. The number of benzene rings is 1. The van der Waals surface area contributed by atoms with Crippen molar-refractivity contribution in [2.24, 2.45) is 0 Å². The molecule has 0 unspecified atom stereocenters. The van der Waals surface area contributed by atoms with Crippen molar-refractivity contribution in [1.82, 2.24) is 4.90 Å². The third-order valence-electron chi connectivity index (χ3n) is 3.77. The van der Waals surface area contributed by atoms with E-state index in [4.69, 9.17) is 4.74 Å². The first kappa shape index (κ1) is 18.0. The number of ether oxygens (including phenoxy) is 1. The number of likely N-dealkylation sites (tertiary alicyclic amines) is 1. The molecule has 1 aromatic rings. The molecule has 0 aromatic heterocycles. The molecule has 1 fully saturated rings. The molecule has 24 heavy (non-hydrogen) atoms. The lowest BCUT2D eigenvalue weighted by atomic mass is 10.1. The number of hydrogen-bond donors (Lipinski definition) is 1. The molecular formula is C16H16F3NO4. The van der Waals surface area contributed by atoms with Gasteiger partial charge in [-0.05, 0) is 30.2 Å². The quantitative estimate of drug-likeness (QED) is 0.834. The van der Waals surface area contributed by atoms with E-state index in [0.717, 1.165) is 23.1 Å². The second-order valence-corrected chi connectivity index (χ2v) is 5.36. The third kappa shape index (κ3) is 3.94. The van der Waals surface area contributed by atoms with Crippen molar-refractivity contribution in [1.29, 1.82) is 0 Å². The van der Waals surface area contributed by atoms with Crippen molar-refractivity contribution in [3.63, 3.8) is 0 Å². The minimum Gasteiger partial charge on any atom is -0.480 e. The normalized spacial score (nSPS) is 20.9. The monoisotopic (exact) mass is 343 g/mol. The van der Waals surface area contributed by atoms with Crippen LogP contribution in [0.3, 0.4) is 0 Å². The molecule has 1 aliphatic heterocycles. The third-order valence-corrected chi connectivity index (χ3v) is 3.77. The first-order valence-electron chi connectivity index (χ1n) is 7.17. The lowest BCUT2D eigenvalue weighted by Crippen LogP contribution is -2.45. The fraction of sp³-hybridized carbons (Fsp3) is 0.375. The molecule has 1 saturated heterocycles. The van der Waals surface area contributed by atoms with E-state index >= 15 is 0 Å². The van der Waals surface area contributed by atoms with Crippen molar-refractivity contribution in [3.8, 4) is 0 Å². The highest BCUT2D eigenvalue weighted by Crippen LogP contribution is 2.30. The van der Waals surface area contributed by atoms with E-state index in [9.17, 15) is 27.9 Å². The van der Waals surface area contributed by atoms with Gasteiger partial charge in [0.1, 0.15) is 0 Å². The summed E-state index contributed by atoms with van der Waals surface area (Å²) in [5, 5.41) is 9.29. The predicted octanol–water partition coefficient (Wildman–Crippen LogP) is 2.46. The zero-order valence-corrected chi connectivity index (χ0v) is 12.6. The average molecular weight is 343 g/mol. The van der Waals surface area contributed by atoms with Crippen molar-refractivity contribution in [2.45, 2.75) is 31.3 Å². The van der Waals surface area contributed by atoms with E-state index in [2.05, 4.69) is 6.58 Å². The van der Waals surface area contributed by atoms with Crippen LogP contribution in [0.5, 0.6) is 0 Å². The summed E-state index contributed by atoms with van der Waals surface area (Å²) in [6.45, 7) is 3.34. The Morgan fingerprint density at radius 2 is 2.12 bits per heavy atom. The number of aliphatic carboxylic acids is 1. The maximum atomic E-state index is 12.7. The lowest BCUT2D eigenvalue weighted by Gasteiger charge is -2.23. The SMILES string of the molecule is C=CC(=O)N1CC[C@H](OCc2cccc(C(F)(F)F)c2)[C@H]1C(=O)O. The van der Waals surface area contributed by atoms with Crippen LogP contribution >= 0.6 is 0 Å². The standard InChI is InChI=1S/C16H16F3NO4/c1-2-13(21)20-7-6-12(14(20)15(22)23)24-9-10-4-3-5-11(8-10)16(17,18)19/h2-5,8,12,14H,1,6-7,9H2,(H,22,23)/t12-,14-/m0/s1. The summed E-state index contributed by atoms with van der Waals surface area (Å²) in [4.78, 5) is 24.2. The summed E-state index contributed by atoms with van der Waals surface area (Å²) in [7, 11) is 0. The molecule has 0 spiro atoms. The number of alkyl halides is 3. The second kappa shape index (κ2) is 7.04. The smallest absolute Gasteiger partial charge is 0.416 e. The van der Waals surface area contributed by atoms with Crippen LogP contribution < -0.4 is 0 Å². The predicted molar refractivity (Wildman–Crippen MR) is 78.0 cm³/mol. The van der Waals surface area contributed by atoms with Crippen molar-refractivity contribution < 1.29 is 32.6 Å². The van der Waals surface area contributed by atoms with E-state index in [1.54, 1.807) is 0 Å².